The molecule has 128 valence electrons. The lowest BCUT2D eigenvalue weighted by molar-refractivity contribution is -0.117. The van der Waals surface area contributed by atoms with E-state index in [4.69, 9.17) is 10.6 Å². The summed E-state index contributed by atoms with van der Waals surface area (Å²) in [6.07, 6.45) is 1.95. The highest BCUT2D eigenvalue weighted by molar-refractivity contribution is 8.15. The van der Waals surface area contributed by atoms with E-state index >= 15 is 0 Å². The number of hydrazine groups is 1. The SMILES string of the molecule is CC(C)Oc1c(C#N)cnc2ccc(CC3SC(NN)=NC3=O)cc12. The van der Waals surface area contributed by atoms with Crippen LogP contribution in [0.15, 0.2) is 29.4 Å². The van der Waals surface area contributed by atoms with E-state index in [1.807, 2.05) is 32.0 Å². The molecule has 25 heavy (non-hydrogen) atoms. The van der Waals surface area contributed by atoms with E-state index in [1.54, 1.807) is 0 Å². The van der Waals surface area contributed by atoms with Crippen molar-refractivity contribution >= 4 is 33.7 Å². The lowest BCUT2D eigenvalue weighted by Crippen LogP contribution is -2.26. The maximum absolute atomic E-state index is 11.9. The number of nitrogens with one attached hydrogen (secondary N) is 1. The van der Waals surface area contributed by atoms with Crippen LogP contribution in [-0.2, 0) is 11.2 Å². The lowest BCUT2D eigenvalue weighted by Gasteiger charge is -2.15. The van der Waals surface area contributed by atoms with E-state index in [0.29, 0.717) is 22.9 Å². The Labute approximate surface area is 149 Å². The van der Waals surface area contributed by atoms with E-state index in [1.165, 1.54) is 18.0 Å². The van der Waals surface area contributed by atoms with Crippen molar-refractivity contribution in [3.63, 3.8) is 0 Å². The Morgan fingerprint density at radius 1 is 1.48 bits per heavy atom. The van der Waals surface area contributed by atoms with Crippen molar-refractivity contribution in [3.05, 3.63) is 35.5 Å². The van der Waals surface area contributed by atoms with E-state index < -0.39 is 0 Å². The minimum absolute atomic E-state index is 0.0695. The number of fused-ring (bicyclic) bond motifs is 1. The summed E-state index contributed by atoms with van der Waals surface area (Å²) in [6, 6.07) is 7.83. The number of hydrogen-bond donors (Lipinski definition) is 2. The number of hydrogen-bond acceptors (Lipinski definition) is 7. The largest absolute Gasteiger partial charge is 0.489 e. The molecule has 0 aliphatic carbocycles. The molecule has 0 radical (unpaired) electrons. The summed E-state index contributed by atoms with van der Waals surface area (Å²) in [7, 11) is 0. The van der Waals surface area contributed by atoms with Crippen molar-refractivity contribution in [2.45, 2.75) is 31.6 Å². The second kappa shape index (κ2) is 7.09. The predicted molar refractivity (Wildman–Crippen MR) is 97.1 cm³/mol. The average Bonchev–Trinajstić information content (AvgIpc) is 2.95. The third-order valence-corrected chi connectivity index (χ3v) is 4.73. The molecule has 0 saturated heterocycles. The number of benzene rings is 1. The Hall–Kier alpha value is -2.63. The Balaban J connectivity index is 1.96. The number of amides is 1. The topological polar surface area (TPSA) is 113 Å². The number of thioether (sulfide) groups is 1. The second-order valence-corrected chi connectivity index (χ2v) is 7.03. The highest BCUT2D eigenvalue weighted by Gasteiger charge is 2.28. The highest BCUT2D eigenvalue weighted by atomic mass is 32.2. The van der Waals surface area contributed by atoms with Gasteiger partial charge in [-0.1, -0.05) is 17.8 Å². The minimum Gasteiger partial charge on any atom is -0.489 e. The zero-order valence-corrected chi connectivity index (χ0v) is 14.6. The zero-order chi connectivity index (χ0) is 18.0. The first-order valence-corrected chi connectivity index (χ1v) is 8.64. The van der Waals surface area contributed by atoms with Crippen LogP contribution in [0.1, 0.15) is 25.0 Å². The second-order valence-electron chi connectivity index (χ2n) is 5.84. The molecule has 0 bridgehead atoms. The fourth-order valence-electron chi connectivity index (χ4n) is 2.58. The van der Waals surface area contributed by atoms with Crippen LogP contribution in [0, 0.1) is 11.3 Å². The monoisotopic (exact) mass is 355 g/mol. The summed E-state index contributed by atoms with van der Waals surface area (Å²) in [5.74, 6) is 5.63. The number of nitrogens with two attached hydrogens (primary N) is 1. The average molecular weight is 355 g/mol. The molecule has 0 fully saturated rings. The normalized spacial score (nSPS) is 16.8. The summed E-state index contributed by atoms with van der Waals surface area (Å²) < 4.78 is 5.85. The quantitative estimate of drug-likeness (QED) is 0.636. The molecular formula is C17H17N5O2S. The van der Waals surface area contributed by atoms with Gasteiger partial charge in [0, 0.05) is 11.6 Å². The van der Waals surface area contributed by atoms with Gasteiger partial charge >= 0.3 is 0 Å². The molecule has 2 heterocycles. The molecule has 1 unspecified atom stereocenters. The van der Waals surface area contributed by atoms with Crippen LogP contribution < -0.4 is 16.0 Å². The Bertz CT molecular complexity index is 904. The van der Waals surface area contributed by atoms with Crippen molar-refractivity contribution < 1.29 is 9.53 Å². The van der Waals surface area contributed by atoms with Gasteiger partial charge in [0.25, 0.3) is 5.91 Å². The van der Waals surface area contributed by atoms with Crippen molar-refractivity contribution in [3.8, 4) is 11.8 Å². The van der Waals surface area contributed by atoms with Gasteiger partial charge in [-0.25, -0.2) is 5.84 Å². The number of ether oxygens (including phenoxy) is 1. The van der Waals surface area contributed by atoms with Gasteiger partial charge in [0.1, 0.15) is 17.4 Å². The number of nitriles is 1. The molecule has 0 spiro atoms. The van der Waals surface area contributed by atoms with Crippen molar-refractivity contribution in [1.29, 1.82) is 5.26 Å². The van der Waals surface area contributed by atoms with Crippen LogP contribution in [0.5, 0.6) is 5.75 Å². The van der Waals surface area contributed by atoms with E-state index in [9.17, 15) is 10.1 Å². The molecule has 3 rings (SSSR count). The van der Waals surface area contributed by atoms with Crippen LogP contribution in [0.25, 0.3) is 10.9 Å². The molecule has 1 aliphatic rings. The van der Waals surface area contributed by atoms with E-state index in [2.05, 4.69) is 21.5 Å². The predicted octanol–water partition coefficient (Wildman–Crippen LogP) is 1.90. The Kier molecular flexibility index (Phi) is 4.88. The minimum atomic E-state index is -0.315. The van der Waals surface area contributed by atoms with Crippen LogP contribution in [0.2, 0.25) is 0 Å². The zero-order valence-electron chi connectivity index (χ0n) is 13.8. The number of aromatic nitrogens is 1. The highest BCUT2D eigenvalue weighted by Crippen LogP contribution is 2.31. The first-order valence-electron chi connectivity index (χ1n) is 7.76. The molecule has 0 saturated carbocycles. The standard InChI is InChI=1S/C17H17N5O2S/c1-9(2)24-15-11(7-18)8-20-13-4-3-10(5-12(13)15)6-14-16(23)21-17(22-19)25-14/h3-5,8-9,14H,6,19H2,1-2H3,(H,21,22,23). The number of rotatable bonds is 4. The Morgan fingerprint density at radius 3 is 2.92 bits per heavy atom. The number of amidine groups is 1. The van der Waals surface area contributed by atoms with Crippen molar-refractivity contribution in [2.75, 3.05) is 0 Å². The van der Waals surface area contributed by atoms with Gasteiger partial charge in [-0.2, -0.15) is 10.3 Å². The number of carbonyl (C=O) groups is 1. The number of nitrogens with zero attached hydrogens (tertiary/aromatic N) is 3. The van der Waals surface area contributed by atoms with Gasteiger partial charge in [0.15, 0.2) is 5.17 Å². The van der Waals surface area contributed by atoms with Crippen molar-refractivity contribution in [2.24, 2.45) is 10.8 Å². The fourth-order valence-corrected chi connectivity index (χ4v) is 3.49. The van der Waals surface area contributed by atoms with Gasteiger partial charge in [0.2, 0.25) is 0 Å². The summed E-state index contributed by atoms with van der Waals surface area (Å²) >= 11 is 1.31. The molecule has 1 aromatic heterocycles. The fraction of sp³-hybridized carbons (Fsp3) is 0.294. The summed E-state index contributed by atoms with van der Waals surface area (Å²) in [5, 5.41) is 10.2. The van der Waals surface area contributed by atoms with Gasteiger partial charge in [-0.3, -0.25) is 9.78 Å². The lowest BCUT2D eigenvalue weighted by atomic mass is 10.0. The van der Waals surface area contributed by atoms with Crippen LogP contribution in [0.3, 0.4) is 0 Å². The molecule has 7 nitrogen and oxygen atoms in total. The molecule has 8 heteroatoms. The molecule has 1 aromatic carbocycles. The number of aliphatic imine (C=N–C) groups is 1. The maximum Gasteiger partial charge on any atom is 0.262 e. The summed E-state index contributed by atoms with van der Waals surface area (Å²) in [4.78, 5) is 20.1. The molecule has 3 N–H and O–H groups in total. The van der Waals surface area contributed by atoms with Gasteiger partial charge < -0.3 is 10.2 Å². The molecule has 2 aromatic rings. The Morgan fingerprint density at radius 2 is 2.28 bits per heavy atom. The van der Waals surface area contributed by atoms with Crippen LogP contribution >= 0.6 is 11.8 Å². The summed E-state index contributed by atoms with van der Waals surface area (Å²) in [6.45, 7) is 3.81. The maximum atomic E-state index is 11.9. The molecule has 1 amide bonds. The first-order chi connectivity index (χ1) is 12.0. The van der Waals surface area contributed by atoms with Crippen LogP contribution in [0.4, 0.5) is 0 Å². The third-order valence-electron chi connectivity index (χ3n) is 3.64. The first kappa shape index (κ1) is 17.2. The van der Waals surface area contributed by atoms with E-state index in [-0.39, 0.29) is 17.3 Å². The third kappa shape index (κ3) is 3.57. The number of carbonyl (C=O) groups excluding carboxylic acids is 1. The van der Waals surface area contributed by atoms with Crippen molar-refractivity contribution in [1.82, 2.24) is 10.4 Å². The smallest absolute Gasteiger partial charge is 0.262 e. The number of pyridine rings is 1. The molecular weight excluding hydrogens is 338 g/mol. The van der Waals surface area contributed by atoms with E-state index in [0.717, 1.165) is 16.5 Å². The van der Waals surface area contributed by atoms with Gasteiger partial charge in [-0.05, 0) is 38.0 Å². The molecule has 1 aliphatic heterocycles. The van der Waals surface area contributed by atoms with Gasteiger partial charge in [0.05, 0.1) is 16.9 Å². The summed E-state index contributed by atoms with van der Waals surface area (Å²) in [5.41, 5.74) is 4.48. The van der Waals surface area contributed by atoms with Gasteiger partial charge in [-0.15, -0.1) is 0 Å². The van der Waals surface area contributed by atoms with Crippen LogP contribution in [-0.4, -0.2) is 27.4 Å². The molecule has 1 atom stereocenters.